The van der Waals surface area contributed by atoms with E-state index < -0.39 is 5.97 Å². The summed E-state index contributed by atoms with van der Waals surface area (Å²) in [6.45, 7) is 0. The monoisotopic (exact) mass is 392 g/mol. The average Bonchev–Trinajstić information content (AvgIpc) is 3.18. The molecule has 28 heavy (non-hydrogen) atoms. The molecule has 0 saturated carbocycles. The maximum absolute atomic E-state index is 12.7. The van der Waals surface area contributed by atoms with Crippen molar-refractivity contribution < 1.29 is 14.3 Å². The number of benzene rings is 2. The van der Waals surface area contributed by atoms with E-state index in [1.165, 1.54) is 12.0 Å². The van der Waals surface area contributed by atoms with Crippen LogP contribution in [0.2, 0.25) is 0 Å². The van der Waals surface area contributed by atoms with Gasteiger partial charge in [0, 0.05) is 22.0 Å². The lowest BCUT2D eigenvalue weighted by Gasteiger charge is -2.20. The number of amides is 1. The van der Waals surface area contributed by atoms with E-state index in [1.54, 1.807) is 35.6 Å². The van der Waals surface area contributed by atoms with E-state index in [9.17, 15) is 9.59 Å². The van der Waals surface area contributed by atoms with E-state index in [-0.39, 0.29) is 11.8 Å². The second-order valence-electron chi connectivity index (χ2n) is 6.75. The number of fused-ring (bicyclic) bond motifs is 1. The first-order chi connectivity index (χ1) is 13.6. The van der Waals surface area contributed by atoms with Gasteiger partial charge in [-0.3, -0.25) is 4.79 Å². The second-order valence-corrected chi connectivity index (χ2v) is 7.84. The third-order valence-corrected chi connectivity index (χ3v) is 6.07. The molecular weight excluding hydrogens is 372 g/mol. The molecule has 142 valence electrons. The van der Waals surface area contributed by atoms with Gasteiger partial charge in [0.1, 0.15) is 5.01 Å². The number of anilines is 1. The van der Waals surface area contributed by atoms with Crippen LogP contribution >= 0.6 is 11.3 Å². The summed E-state index contributed by atoms with van der Waals surface area (Å²) in [6.07, 6.45) is 2.32. The number of carbonyl (C=O) groups is 2. The highest BCUT2D eigenvalue weighted by Crippen LogP contribution is 2.35. The summed E-state index contributed by atoms with van der Waals surface area (Å²) < 4.78 is 4.69. The second kappa shape index (κ2) is 7.94. The van der Waals surface area contributed by atoms with Crippen LogP contribution in [0.25, 0.3) is 10.6 Å². The minimum atomic E-state index is -0.392. The maximum Gasteiger partial charge on any atom is 0.337 e. The number of aryl methyl sites for hydroxylation is 1. The molecule has 1 heterocycles. The van der Waals surface area contributed by atoms with Crippen LogP contribution in [0.3, 0.4) is 0 Å². The summed E-state index contributed by atoms with van der Waals surface area (Å²) in [7, 11) is 1.35. The average molecular weight is 392 g/mol. The van der Waals surface area contributed by atoms with E-state index in [0.717, 1.165) is 29.1 Å². The van der Waals surface area contributed by atoms with Crippen LogP contribution in [0.5, 0.6) is 0 Å². The summed E-state index contributed by atoms with van der Waals surface area (Å²) in [6, 6.07) is 16.9. The number of nitrogens with one attached hydrogen (secondary N) is 1. The quantitative estimate of drug-likeness (QED) is 0.671. The maximum atomic E-state index is 12.7. The van der Waals surface area contributed by atoms with Gasteiger partial charge in [0.25, 0.3) is 0 Å². The number of esters is 1. The molecule has 0 spiro atoms. The highest BCUT2D eigenvalue weighted by atomic mass is 32.1. The smallest absolute Gasteiger partial charge is 0.337 e. The van der Waals surface area contributed by atoms with Gasteiger partial charge in [-0.25, -0.2) is 9.78 Å². The minimum Gasteiger partial charge on any atom is -0.465 e. The zero-order chi connectivity index (χ0) is 19.5. The summed E-state index contributed by atoms with van der Waals surface area (Å²) in [5.74, 6) is -0.458. The summed E-state index contributed by atoms with van der Waals surface area (Å²) in [4.78, 5) is 30.2. The fraction of sp³-hybridized carbons (Fsp3) is 0.227. The van der Waals surface area contributed by atoms with E-state index in [4.69, 9.17) is 4.98 Å². The lowest BCUT2D eigenvalue weighted by atomic mass is 9.90. The van der Waals surface area contributed by atoms with Crippen molar-refractivity contribution in [2.24, 2.45) is 5.92 Å². The van der Waals surface area contributed by atoms with E-state index in [2.05, 4.69) is 22.2 Å². The van der Waals surface area contributed by atoms with E-state index in [0.29, 0.717) is 17.7 Å². The molecule has 1 aliphatic rings. The van der Waals surface area contributed by atoms with Crippen LogP contribution < -0.4 is 5.32 Å². The number of methoxy groups -OCH3 is 1. The van der Waals surface area contributed by atoms with Crippen LogP contribution in [-0.2, 0) is 22.4 Å². The Hall–Kier alpha value is -2.99. The van der Waals surface area contributed by atoms with Gasteiger partial charge in [0.05, 0.1) is 18.4 Å². The van der Waals surface area contributed by atoms with Gasteiger partial charge < -0.3 is 10.1 Å². The Morgan fingerprint density at radius 1 is 1.11 bits per heavy atom. The van der Waals surface area contributed by atoms with Gasteiger partial charge in [-0.2, -0.15) is 0 Å². The number of rotatable bonds is 4. The number of nitrogens with zero attached hydrogens (tertiary/aromatic N) is 1. The fourth-order valence-corrected chi connectivity index (χ4v) is 4.55. The van der Waals surface area contributed by atoms with Crippen LogP contribution in [0.15, 0.2) is 54.6 Å². The molecule has 1 aromatic heterocycles. The molecule has 1 unspecified atom stereocenters. The highest BCUT2D eigenvalue weighted by molar-refractivity contribution is 7.15. The topological polar surface area (TPSA) is 68.3 Å². The van der Waals surface area contributed by atoms with Gasteiger partial charge >= 0.3 is 5.97 Å². The van der Waals surface area contributed by atoms with Gasteiger partial charge in [-0.15, -0.1) is 11.3 Å². The Kier molecular flexibility index (Phi) is 5.21. The van der Waals surface area contributed by atoms with Crippen LogP contribution in [0.1, 0.15) is 27.3 Å². The number of thiazole rings is 1. The lowest BCUT2D eigenvalue weighted by molar-refractivity contribution is -0.120. The Morgan fingerprint density at radius 2 is 1.86 bits per heavy atom. The highest BCUT2D eigenvalue weighted by Gasteiger charge is 2.27. The fourth-order valence-electron chi connectivity index (χ4n) is 3.35. The molecule has 0 saturated heterocycles. The van der Waals surface area contributed by atoms with Crippen molar-refractivity contribution in [2.75, 3.05) is 12.4 Å². The molecule has 0 aliphatic heterocycles. The Balaban J connectivity index is 1.43. The predicted molar refractivity (Wildman–Crippen MR) is 109 cm³/mol. The third-order valence-electron chi connectivity index (χ3n) is 4.90. The Labute approximate surface area is 167 Å². The number of ether oxygens (including phenoxy) is 1. The van der Waals surface area contributed by atoms with Gasteiger partial charge in [0.2, 0.25) is 5.91 Å². The molecule has 5 nitrogen and oxygen atoms in total. The summed E-state index contributed by atoms with van der Waals surface area (Å²) >= 11 is 1.68. The third kappa shape index (κ3) is 3.82. The van der Waals surface area contributed by atoms with Crippen molar-refractivity contribution in [3.05, 3.63) is 70.7 Å². The van der Waals surface area contributed by atoms with Crippen molar-refractivity contribution >= 4 is 28.9 Å². The van der Waals surface area contributed by atoms with Crippen molar-refractivity contribution in [3.8, 4) is 10.6 Å². The van der Waals surface area contributed by atoms with E-state index >= 15 is 0 Å². The van der Waals surface area contributed by atoms with Crippen LogP contribution in [0.4, 0.5) is 5.69 Å². The first-order valence-corrected chi connectivity index (χ1v) is 9.99. The van der Waals surface area contributed by atoms with Gasteiger partial charge in [-0.05, 0) is 43.5 Å². The molecule has 3 aromatic rings. The molecular formula is C22H20N2O3S. The van der Waals surface area contributed by atoms with E-state index in [1.807, 2.05) is 18.2 Å². The molecule has 0 bridgehead atoms. The molecule has 1 aliphatic carbocycles. The van der Waals surface area contributed by atoms with Crippen molar-refractivity contribution in [1.29, 1.82) is 0 Å². The standard InChI is InChI=1S/C22H20N2O3S/c1-27-22(26)15-7-10-17(11-8-15)23-20(25)16-9-12-18-19(13-16)28-21(24-18)14-5-3-2-4-6-14/h2-8,10-11,16H,9,12-13H2,1H3,(H,23,25). The lowest BCUT2D eigenvalue weighted by Crippen LogP contribution is -2.27. The summed E-state index contributed by atoms with van der Waals surface area (Å²) in [5.41, 5.74) is 3.38. The normalized spacial score (nSPS) is 15.5. The van der Waals surface area contributed by atoms with Gasteiger partial charge in [-0.1, -0.05) is 30.3 Å². The SMILES string of the molecule is COC(=O)c1ccc(NC(=O)C2CCc3nc(-c4ccccc4)sc3C2)cc1. The number of hydrogen-bond donors (Lipinski definition) is 1. The first-order valence-electron chi connectivity index (χ1n) is 9.17. The Bertz CT molecular complexity index is 996. The van der Waals surface area contributed by atoms with Crippen molar-refractivity contribution in [1.82, 2.24) is 4.98 Å². The molecule has 0 fully saturated rings. The zero-order valence-corrected chi connectivity index (χ0v) is 16.3. The molecule has 1 atom stereocenters. The largest absolute Gasteiger partial charge is 0.465 e. The molecule has 4 rings (SSSR count). The molecule has 1 amide bonds. The zero-order valence-electron chi connectivity index (χ0n) is 15.5. The first kappa shape index (κ1) is 18.4. The van der Waals surface area contributed by atoms with Crippen molar-refractivity contribution in [2.45, 2.75) is 19.3 Å². The predicted octanol–water partition coefficient (Wildman–Crippen LogP) is 4.34. The van der Waals surface area contributed by atoms with Crippen LogP contribution in [-0.4, -0.2) is 24.0 Å². The molecule has 2 aromatic carbocycles. The number of carbonyl (C=O) groups excluding carboxylic acids is 2. The number of hydrogen-bond acceptors (Lipinski definition) is 5. The van der Waals surface area contributed by atoms with Crippen molar-refractivity contribution in [3.63, 3.8) is 0 Å². The molecule has 1 N–H and O–H groups in total. The Morgan fingerprint density at radius 3 is 2.57 bits per heavy atom. The number of aromatic nitrogens is 1. The van der Waals surface area contributed by atoms with Gasteiger partial charge in [0.15, 0.2) is 0 Å². The van der Waals surface area contributed by atoms with Crippen LogP contribution in [0, 0.1) is 5.92 Å². The summed E-state index contributed by atoms with van der Waals surface area (Å²) in [5, 5.41) is 3.98. The minimum absolute atomic E-state index is 0.00568. The molecule has 0 radical (unpaired) electrons. The molecule has 6 heteroatoms.